The highest BCUT2D eigenvalue weighted by atomic mass is 16.4. The van der Waals surface area contributed by atoms with Gasteiger partial charge in [0.1, 0.15) is 5.82 Å². The summed E-state index contributed by atoms with van der Waals surface area (Å²) in [4.78, 5) is 40.5. The highest BCUT2D eigenvalue weighted by Crippen LogP contribution is 2.27. The van der Waals surface area contributed by atoms with Gasteiger partial charge in [0, 0.05) is 32.1 Å². The highest BCUT2D eigenvalue weighted by molar-refractivity contribution is 6.00. The Morgan fingerprint density at radius 1 is 1.25 bits per heavy atom. The van der Waals surface area contributed by atoms with Crippen molar-refractivity contribution in [2.24, 2.45) is 5.92 Å². The summed E-state index contributed by atoms with van der Waals surface area (Å²) >= 11 is 0. The number of rotatable bonds is 4. The third kappa shape index (κ3) is 3.72. The molecule has 0 saturated carbocycles. The van der Waals surface area contributed by atoms with Gasteiger partial charge in [0.2, 0.25) is 11.8 Å². The maximum absolute atomic E-state index is 11.9. The largest absolute Gasteiger partial charge is 0.481 e. The summed E-state index contributed by atoms with van der Waals surface area (Å²) in [6.07, 6.45) is 4.52. The fourth-order valence-corrected chi connectivity index (χ4v) is 3.42. The minimum Gasteiger partial charge on any atom is -0.481 e. The molecule has 2 amide bonds. The van der Waals surface area contributed by atoms with Gasteiger partial charge in [0.15, 0.2) is 0 Å². The molecule has 2 N–H and O–H groups in total. The second-order valence-corrected chi connectivity index (χ2v) is 6.48. The van der Waals surface area contributed by atoms with E-state index in [9.17, 15) is 14.4 Å². The quantitative estimate of drug-likeness (QED) is 0.807. The Morgan fingerprint density at radius 3 is 2.58 bits per heavy atom. The van der Waals surface area contributed by atoms with E-state index in [0.717, 1.165) is 37.3 Å². The molecule has 2 aliphatic rings. The maximum atomic E-state index is 11.9. The van der Waals surface area contributed by atoms with Crippen LogP contribution in [0.4, 0.5) is 5.82 Å². The normalized spacial score (nSPS) is 22.3. The van der Waals surface area contributed by atoms with Gasteiger partial charge >= 0.3 is 5.97 Å². The molecule has 0 aromatic carbocycles. The number of aromatic nitrogens is 1. The van der Waals surface area contributed by atoms with E-state index in [2.05, 4.69) is 15.2 Å². The van der Waals surface area contributed by atoms with E-state index >= 15 is 0 Å². The van der Waals surface area contributed by atoms with Crippen molar-refractivity contribution in [1.82, 2.24) is 10.3 Å². The number of imide groups is 1. The van der Waals surface area contributed by atoms with E-state index in [1.165, 1.54) is 0 Å². The third-order valence-corrected chi connectivity index (χ3v) is 4.81. The van der Waals surface area contributed by atoms with Crippen LogP contribution in [0.15, 0.2) is 18.3 Å². The van der Waals surface area contributed by atoms with E-state index in [1.54, 1.807) is 6.20 Å². The molecule has 2 saturated heterocycles. The lowest BCUT2D eigenvalue weighted by atomic mass is 9.91. The van der Waals surface area contributed by atoms with E-state index in [4.69, 9.17) is 5.11 Å². The molecule has 0 unspecified atom stereocenters. The number of nitrogens with one attached hydrogen (secondary N) is 1. The molecule has 1 aromatic rings. The molecule has 0 spiro atoms. The van der Waals surface area contributed by atoms with E-state index in [1.807, 2.05) is 12.1 Å². The second-order valence-electron chi connectivity index (χ2n) is 6.48. The highest BCUT2D eigenvalue weighted by Gasteiger charge is 2.28. The van der Waals surface area contributed by atoms with Crippen molar-refractivity contribution in [2.75, 3.05) is 18.0 Å². The van der Waals surface area contributed by atoms with Crippen LogP contribution in [0.25, 0.3) is 0 Å². The minimum atomic E-state index is -0.736. The van der Waals surface area contributed by atoms with Gasteiger partial charge in [-0.15, -0.1) is 0 Å². The molecule has 1 aromatic heterocycles. The van der Waals surface area contributed by atoms with Crippen LogP contribution in [-0.2, 0) is 14.4 Å². The Bertz CT molecular complexity index is 636. The number of carboxylic acid groups (broad SMARTS) is 1. The van der Waals surface area contributed by atoms with Crippen LogP contribution in [-0.4, -0.2) is 41.0 Å². The minimum absolute atomic E-state index is 0.218. The molecule has 7 nitrogen and oxygen atoms in total. The monoisotopic (exact) mass is 331 g/mol. The van der Waals surface area contributed by atoms with Crippen LogP contribution in [0.3, 0.4) is 0 Å². The third-order valence-electron chi connectivity index (χ3n) is 4.81. The maximum Gasteiger partial charge on any atom is 0.303 e. The first-order valence-electron chi connectivity index (χ1n) is 8.29. The Labute approximate surface area is 140 Å². The molecular weight excluding hydrogens is 310 g/mol. The summed E-state index contributed by atoms with van der Waals surface area (Å²) in [5.41, 5.74) is 0.824. The number of aliphatic carboxylic acids is 1. The topological polar surface area (TPSA) is 99.6 Å². The summed E-state index contributed by atoms with van der Waals surface area (Å²) < 4.78 is 0. The first kappa shape index (κ1) is 16.4. The molecule has 0 bridgehead atoms. The van der Waals surface area contributed by atoms with Crippen molar-refractivity contribution in [2.45, 2.75) is 38.0 Å². The average Bonchev–Trinajstić information content (AvgIpc) is 2.55. The number of nitrogens with zero attached hydrogens (tertiary/aromatic N) is 2. The Balaban J connectivity index is 1.60. The van der Waals surface area contributed by atoms with Crippen LogP contribution in [0.5, 0.6) is 0 Å². The zero-order valence-electron chi connectivity index (χ0n) is 13.4. The number of piperidine rings is 2. The lowest BCUT2D eigenvalue weighted by Gasteiger charge is -2.32. The van der Waals surface area contributed by atoms with Crippen LogP contribution in [0.1, 0.15) is 43.6 Å². The van der Waals surface area contributed by atoms with E-state index in [0.29, 0.717) is 12.8 Å². The van der Waals surface area contributed by atoms with Crippen LogP contribution >= 0.6 is 0 Å². The molecule has 24 heavy (non-hydrogen) atoms. The van der Waals surface area contributed by atoms with Crippen LogP contribution in [0.2, 0.25) is 0 Å². The Kier molecular flexibility index (Phi) is 4.78. The van der Waals surface area contributed by atoms with E-state index < -0.39 is 5.97 Å². The number of anilines is 1. The lowest BCUT2D eigenvalue weighted by molar-refractivity contribution is -0.138. The predicted octanol–water partition coefficient (Wildman–Crippen LogP) is 1.29. The van der Waals surface area contributed by atoms with Crippen molar-refractivity contribution in [3.8, 4) is 0 Å². The summed E-state index contributed by atoms with van der Waals surface area (Å²) in [6, 6.07) is 3.79. The van der Waals surface area contributed by atoms with Gasteiger partial charge in [0.05, 0.1) is 5.92 Å². The smallest absolute Gasteiger partial charge is 0.303 e. The van der Waals surface area contributed by atoms with Crippen molar-refractivity contribution in [3.05, 3.63) is 23.9 Å². The van der Waals surface area contributed by atoms with Gasteiger partial charge < -0.3 is 10.0 Å². The van der Waals surface area contributed by atoms with Crippen molar-refractivity contribution >= 4 is 23.6 Å². The summed E-state index contributed by atoms with van der Waals surface area (Å²) in [7, 11) is 0. The number of carboxylic acids is 1. The molecule has 1 atom stereocenters. The van der Waals surface area contributed by atoms with Gasteiger partial charge in [-0.05, 0) is 36.8 Å². The zero-order chi connectivity index (χ0) is 17.1. The van der Waals surface area contributed by atoms with Gasteiger partial charge in [-0.3, -0.25) is 19.7 Å². The Hall–Kier alpha value is -2.44. The molecule has 3 heterocycles. The number of carbonyl (C=O) groups excluding carboxylic acids is 2. The Morgan fingerprint density at radius 2 is 2.00 bits per heavy atom. The number of carbonyl (C=O) groups is 3. The molecule has 0 radical (unpaired) electrons. The van der Waals surface area contributed by atoms with Gasteiger partial charge in [-0.1, -0.05) is 6.07 Å². The second kappa shape index (κ2) is 6.98. The molecule has 2 fully saturated rings. The number of hydrogen-bond donors (Lipinski definition) is 2. The van der Waals surface area contributed by atoms with Gasteiger partial charge in [0.25, 0.3) is 0 Å². The molecule has 0 aliphatic carbocycles. The van der Waals surface area contributed by atoms with Crippen molar-refractivity contribution in [3.63, 3.8) is 0 Å². The van der Waals surface area contributed by atoms with Gasteiger partial charge in [-0.2, -0.15) is 0 Å². The summed E-state index contributed by atoms with van der Waals surface area (Å²) in [6.45, 7) is 1.59. The molecule has 2 aliphatic heterocycles. The summed E-state index contributed by atoms with van der Waals surface area (Å²) in [5.74, 6) is -0.438. The summed E-state index contributed by atoms with van der Waals surface area (Å²) in [5, 5.41) is 11.2. The van der Waals surface area contributed by atoms with Crippen LogP contribution < -0.4 is 10.2 Å². The number of amides is 2. The standard InChI is InChI=1S/C17H21N3O4/c21-15-4-2-13(17(24)19-15)12-1-3-14(18-10-12)20-7-5-11(6-8-20)9-16(22)23/h1,3,10-11,13H,2,4-9H2,(H,22,23)(H,19,21,24)/t13-/m0/s1. The van der Waals surface area contributed by atoms with Crippen molar-refractivity contribution in [1.29, 1.82) is 0 Å². The van der Waals surface area contributed by atoms with Gasteiger partial charge in [-0.25, -0.2) is 4.98 Å². The fraction of sp³-hybridized carbons (Fsp3) is 0.529. The van der Waals surface area contributed by atoms with Crippen molar-refractivity contribution < 1.29 is 19.5 Å². The van der Waals surface area contributed by atoms with Crippen LogP contribution in [0, 0.1) is 5.92 Å². The first-order chi connectivity index (χ1) is 11.5. The first-order valence-corrected chi connectivity index (χ1v) is 8.29. The average molecular weight is 331 g/mol. The SMILES string of the molecule is O=C(O)CC1CCN(c2ccc([C@@H]3CCC(=O)NC3=O)cn2)CC1. The predicted molar refractivity (Wildman–Crippen MR) is 86.6 cm³/mol. The lowest BCUT2D eigenvalue weighted by Crippen LogP contribution is -2.39. The number of hydrogen-bond acceptors (Lipinski definition) is 5. The molecule has 3 rings (SSSR count). The van der Waals surface area contributed by atoms with E-state index in [-0.39, 0.29) is 30.1 Å². The molecular formula is C17H21N3O4. The number of pyridine rings is 1. The molecule has 128 valence electrons. The zero-order valence-corrected chi connectivity index (χ0v) is 13.4. The molecule has 7 heteroatoms. The fourth-order valence-electron chi connectivity index (χ4n) is 3.42.